The van der Waals surface area contributed by atoms with Crippen LogP contribution in [-0.2, 0) is 20.9 Å². The zero-order valence-electron chi connectivity index (χ0n) is 14.5. The summed E-state index contributed by atoms with van der Waals surface area (Å²) in [5.74, 6) is 0.673. The normalized spacial score (nSPS) is 23.6. The lowest BCUT2D eigenvalue weighted by Gasteiger charge is -2.24. The molecule has 7 heteroatoms. The van der Waals surface area contributed by atoms with Gasteiger partial charge >= 0.3 is 0 Å². The molecule has 0 spiro atoms. The Morgan fingerprint density at radius 2 is 2.20 bits per heavy atom. The molecule has 0 saturated carbocycles. The average Bonchev–Trinajstić information content (AvgIpc) is 2.96. The van der Waals surface area contributed by atoms with E-state index >= 15 is 0 Å². The minimum Gasteiger partial charge on any atom is -0.497 e. The molecular formula is C18H25N3O4. The second kappa shape index (κ2) is 8.31. The van der Waals surface area contributed by atoms with Gasteiger partial charge < -0.3 is 25.0 Å². The highest BCUT2D eigenvalue weighted by atomic mass is 16.5. The number of ether oxygens (including phenoxy) is 2. The molecule has 0 aliphatic carbocycles. The van der Waals surface area contributed by atoms with Crippen LogP contribution in [0.4, 0.5) is 0 Å². The van der Waals surface area contributed by atoms with Gasteiger partial charge in [-0.15, -0.1) is 0 Å². The number of methoxy groups -OCH3 is 1. The van der Waals surface area contributed by atoms with Crippen LogP contribution in [0.25, 0.3) is 0 Å². The third kappa shape index (κ3) is 4.70. The summed E-state index contributed by atoms with van der Waals surface area (Å²) in [6.45, 7) is 3.18. The van der Waals surface area contributed by atoms with Crippen LogP contribution in [0.3, 0.4) is 0 Å². The summed E-state index contributed by atoms with van der Waals surface area (Å²) < 4.78 is 10.5. The summed E-state index contributed by atoms with van der Waals surface area (Å²) in [5.41, 5.74) is 1.05. The molecule has 3 rings (SSSR count). The zero-order chi connectivity index (χ0) is 17.6. The monoisotopic (exact) mass is 347 g/mol. The third-order valence-electron chi connectivity index (χ3n) is 4.60. The van der Waals surface area contributed by atoms with Crippen LogP contribution < -0.4 is 15.4 Å². The van der Waals surface area contributed by atoms with Gasteiger partial charge in [0.1, 0.15) is 11.8 Å². The number of carbonyl (C=O) groups is 2. The summed E-state index contributed by atoms with van der Waals surface area (Å²) in [5, 5.41) is 6.11. The highest BCUT2D eigenvalue weighted by Crippen LogP contribution is 2.18. The van der Waals surface area contributed by atoms with Crippen molar-refractivity contribution in [3.63, 3.8) is 0 Å². The predicted molar refractivity (Wildman–Crippen MR) is 92.2 cm³/mol. The first-order chi connectivity index (χ1) is 12.2. The first kappa shape index (κ1) is 17.7. The van der Waals surface area contributed by atoms with Crippen LogP contribution in [0.2, 0.25) is 0 Å². The molecule has 2 N–H and O–H groups in total. The molecule has 7 nitrogen and oxygen atoms in total. The molecule has 2 amide bonds. The maximum absolute atomic E-state index is 12.5. The summed E-state index contributed by atoms with van der Waals surface area (Å²) in [7, 11) is 1.63. The molecule has 0 aromatic heterocycles. The van der Waals surface area contributed by atoms with Gasteiger partial charge in [-0.2, -0.15) is 0 Å². The number of rotatable bonds is 6. The van der Waals surface area contributed by atoms with Gasteiger partial charge in [-0.25, -0.2) is 0 Å². The molecule has 2 heterocycles. The Morgan fingerprint density at radius 3 is 2.88 bits per heavy atom. The van der Waals surface area contributed by atoms with Crippen molar-refractivity contribution in [2.45, 2.75) is 31.5 Å². The molecule has 0 bridgehead atoms. The molecule has 1 aromatic rings. The Labute approximate surface area is 147 Å². The van der Waals surface area contributed by atoms with E-state index in [1.807, 2.05) is 24.3 Å². The number of hydrogen-bond acceptors (Lipinski definition) is 5. The number of nitrogens with zero attached hydrogens (tertiary/aromatic N) is 1. The van der Waals surface area contributed by atoms with Crippen molar-refractivity contribution < 1.29 is 19.1 Å². The Kier molecular flexibility index (Phi) is 5.88. The van der Waals surface area contributed by atoms with Crippen LogP contribution >= 0.6 is 0 Å². The Bertz CT molecular complexity index is 599. The topological polar surface area (TPSA) is 79.9 Å². The maximum Gasteiger partial charge on any atom is 0.245 e. The van der Waals surface area contributed by atoms with E-state index in [4.69, 9.17) is 9.47 Å². The number of amides is 2. The van der Waals surface area contributed by atoms with Gasteiger partial charge in [-0.3, -0.25) is 9.59 Å². The minimum atomic E-state index is -0.421. The van der Waals surface area contributed by atoms with Gasteiger partial charge in [-0.05, 0) is 24.1 Å². The van der Waals surface area contributed by atoms with Gasteiger partial charge in [0, 0.05) is 32.1 Å². The van der Waals surface area contributed by atoms with Crippen molar-refractivity contribution in [2.75, 3.05) is 33.4 Å². The van der Waals surface area contributed by atoms with Crippen LogP contribution in [0.15, 0.2) is 24.3 Å². The summed E-state index contributed by atoms with van der Waals surface area (Å²) in [4.78, 5) is 26.5. The molecule has 2 fully saturated rings. The van der Waals surface area contributed by atoms with Crippen molar-refractivity contribution >= 4 is 11.8 Å². The molecule has 136 valence electrons. The number of benzene rings is 1. The molecule has 0 radical (unpaired) electrons. The lowest BCUT2D eigenvalue weighted by Crippen LogP contribution is -2.47. The maximum atomic E-state index is 12.5. The van der Waals surface area contributed by atoms with E-state index in [0.29, 0.717) is 39.1 Å². The van der Waals surface area contributed by atoms with Crippen molar-refractivity contribution in [1.29, 1.82) is 0 Å². The van der Waals surface area contributed by atoms with Crippen LogP contribution in [0.1, 0.15) is 18.4 Å². The molecule has 1 aromatic carbocycles. The quantitative estimate of drug-likeness (QED) is 0.773. The Balaban J connectivity index is 1.48. The summed E-state index contributed by atoms with van der Waals surface area (Å²) >= 11 is 0. The third-order valence-corrected chi connectivity index (χ3v) is 4.60. The van der Waals surface area contributed by atoms with Crippen molar-refractivity contribution in [1.82, 2.24) is 15.5 Å². The predicted octanol–water partition coefficient (Wildman–Crippen LogP) is 0.291. The van der Waals surface area contributed by atoms with E-state index in [1.54, 1.807) is 12.0 Å². The zero-order valence-corrected chi connectivity index (χ0v) is 14.5. The van der Waals surface area contributed by atoms with Gasteiger partial charge in [0.05, 0.1) is 20.3 Å². The highest BCUT2D eigenvalue weighted by molar-refractivity contribution is 5.89. The van der Waals surface area contributed by atoms with Crippen LogP contribution in [-0.4, -0.2) is 62.2 Å². The van der Waals surface area contributed by atoms with Gasteiger partial charge in [0.15, 0.2) is 0 Å². The second-order valence-electron chi connectivity index (χ2n) is 6.45. The molecule has 2 unspecified atom stereocenters. The highest BCUT2D eigenvalue weighted by Gasteiger charge is 2.33. The first-order valence-corrected chi connectivity index (χ1v) is 8.68. The fourth-order valence-electron chi connectivity index (χ4n) is 3.21. The summed E-state index contributed by atoms with van der Waals surface area (Å²) in [6, 6.07) is 7.28. The standard InChI is InChI=1S/C18H25N3O4/c1-24-15-4-2-13(3-5-15)11-21-8-6-16(18(21)23)20-17(22)10-14-12-25-9-7-19-14/h2-5,14,16,19H,6-12H2,1H3,(H,20,22). The lowest BCUT2D eigenvalue weighted by atomic mass is 10.1. The van der Waals surface area contributed by atoms with E-state index in [0.717, 1.165) is 17.9 Å². The van der Waals surface area contributed by atoms with Gasteiger partial charge in [0.2, 0.25) is 11.8 Å². The van der Waals surface area contributed by atoms with E-state index in [-0.39, 0.29) is 17.9 Å². The molecule has 2 aliphatic rings. The van der Waals surface area contributed by atoms with Crippen LogP contribution in [0, 0.1) is 0 Å². The Morgan fingerprint density at radius 1 is 1.40 bits per heavy atom. The molecule has 2 saturated heterocycles. The van der Waals surface area contributed by atoms with Crippen molar-refractivity contribution in [3.8, 4) is 5.75 Å². The first-order valence-electron chi connectivity index (χ1n) is 8.68. The second-order valence-corrected chi connectivity index (χ2v) is 6.45. The van der Waals surface area contributed by atoms with Crippen LogP contribution in [0.5, 0.6) is 5.75 Å². The molecule has 2 aliphatic heterocycles. The van der Waals surface area contributed by atoms with E-state index in [1.165, 1.54) is 0 Å². The average molecular weight is 347 g/mol. The summed E-state index contributed by atoms with van der Waals surface area (Å²) in [6.07, 6.45) is 0.984. The van der Waals surface area contributed by atoms with Crippen molar-refractivity contribution in [3.05, 3.63) is 29.8 Å². The SMILES string of the molecule is COc1ccc(CN2CCC(NC(=O)CC3COCCN3)C2=O)cc1. The lowest BCUT2D eigenvalue weighted by molar-refractivity contribution is -0.133. The van der Waals surface area contributed by atoms with Gasteiger partial charge in [-0.1, -0.05) is 12.1 Å². The number of nitrogens with one attached hydrogen (secondary N) is 2. The number of hydrogen-bond donors (Lipinski definition) is 2. The largest absolute Gasteiger partial charge is 0.497 e. The van der Waals surface area contributed by atoms with Gasteiger partial charge in [0.25, 0.3) is 0 Å². The minimum absolute atomic E-state index is 0.0166. The molecule has 25 heavy (non-hydrogen) atoms. The van der Waals surface area contributed by atoms with E-state index in [9.17, 15) is 9.59 Å². The number of likely N-dealkylation sites (tertiary alicyclic amines) is 1. The van der Waals surface area contributed by atoms with Crippen molar-refractivity contribution in [2.24, 2.45) is 0 Å². The molecule has 2 atom stereocenters. The van der Waals surface area contributed by atoms with E-state index < -0.39 is 6.04 Å². The Hall–Kier alpha value is -2.12. The fraction of sp³-hybridized carbons (Fsp3) is 0.556. The number of carbonyl (C=O) groups excluding carboxylic acids is 2. The molecular weight excluding hydrogens is 322 g/mol. The fourth-order valence-corrected chi connectivity index (χ4v) is 3.21. The number of morpholine rings is 1. The smallest absolute Gasteiger partial charge is 0.245 e. The van der Waals surface area contributed by atoms with E-state index in [2.05, 4.69) is 10.6 Å².